The van der Waals surface area contributed by atoms with Crippen molar-refractivity contribution in [3.63, 3.8) is 0 Å². The molecule has 0 spiro atoms. The lowest BCUT2D eigenvalue weighted by molar-refractivity contribution is 0.273. The van der Waals surface area contributed by atoms with Gasteiger partial charge in [0, 0.05) is 17.8 Å². The van der Waals surface area contributed by atoms with Crippen molar-refractivity contribution in [1.29, 1.82) is 0 Å². The van der Waals surface area contributed by atoms with Crippen molar-refractivity contribution < 1.29 is 5.11 Å². The molecule has 43 heavy (non-hydrogen) atoms. The highest BCUT2D eigenvalue weighted by atomic mass is 16.3. The van der Waals surface area contributed by atoms with E-state index in [2.05, 4.69) is 143 Å². The Hall–Kier alpha value is -3.90. The van der Waals surface area contributed by atoms with Gasteiger partial charge < -0.3 is 20.4 Å². The highest BCUT2D eigenvalue weighted by molar-refractivity contribution is 5.76. The number of nitrogens with one attached hydrogen (secondary N) is 3. The van der Waals surface area contributed by atoms with Gasteiger partial charge in [0.2, 0.25) is 0 Å². The average Bonchev–Trinajstić information content (AvgIpc) is 3.63. The summed E-state index contributed by atoms with van der Waals surface area (Å²) in [6.45, 7) is 23.8. The summed E-state index contributed by atoms with van der Waals surface area (Å²) < 4.78 is 0. The molecule has 4 N–H and O–H groups in total. The third kappa shape index (κ3) is 8.35. The first-order valence-electron chi connectivity index (χ1n) is 14.7. The fourth-order valence-corrected chi connectivity index (χ4v) is 4.78. The Kier molecular flexibility index (Phi) is 9.97. The van der Waals surface area contributed by atoms with Gasteiger partial charge in [-0.25, -0.2) is 9.97 Å². The van der Waals surface area contributed by atoms with E-state index in [1.807, 2.05) is 6.07 Å². The van der Waals surface area contributed by atoms with Crippen LogP contribution in [0.25, 0.3) is 22.1 Å². The Balaban J connectivity index is 0.000000175. The van der Waals surface area contributed by atoms with Crippen molar-refractivity contribution in [1.82, 2.24) is 19.9 Å². The number of imidazole rings is 2. The second-order valence-electron chi connectivity index (χ2n) is 14.2. The van der Waals surface area contributed by atoms with Crippen LogP contribution in [0.15, 0.2) is 73.2 Å². The number of hydrogen-bond acceptors (Lipinski definition) is 4. The Morgan fingerprint density at radius 3 is 1.86 bits per heavy atom. The molecule has 0 saturated heterocycles. The normalized spacial score (nSPS) is 12.9. The molecular weight excluding hydrogens is 530 g/mol. The third-order valence-electron chi connectivity index (χ3n) is 7.52. The number of aromatic amines is 2. The lowest BCUT2D eigenvalue weighted by atomic mass is 9.86. The predicted octanol–water partition coefficient (Wildman–Crippen LogP) is 9.32. The number of benzene rings is 3. The molecule has 1 aliphatic rings. The molecule has 0 fully saturated rings. The summed E-state index contributed by atoms with van der Waals surface area (Å²) in [6.07, 6.45) is 2.71. The van der Waals surface area contributed by atoms with Crippen molar-refractivity contribution in [3.05, 3.63) is 101 Å². The number of rotatable bonds is 1. The van der Waals surface area contributed by atoms with Gasteiger partial charge in [-0.05, 0) is 68.8 Å². The van der Waals surface area contributed by atoms with Gasteiger partial charge in [-0.3, -0.25) is 0 Å². The van der Waals surface area contributed by atoms with E-state index in [4.69, 9.17) is 5.11 Å². The van der Waals surface area contributed by atoms with Gasteiger partial charge in [0.25, 0.3) is 0 Å². The van der Waals surface area contributed by atoms with Crippen molar-refractivity contribution >= 4 is 27.8 Å². The molecule has 0 saturated carbocycles. The van der Waals surface area contributed by atoms with Gasteiger partial charge in [-0.2, -0.15) is 0 Å². The Labute approximate surface area is 258 Å². The number of H-pyrrole nitrogens is 2. The number of fused-ring (bicyclic) bond motifs is 3. The van der Waals surface area contributed by atoms with Crippen molar-refractivity contribution in [3.8, 4) is 0 Å². The Morgan fingerprint density at radius 2 is 1.28 bits per heavy atom. The predicted molar refractivity (Wildman–Crippen MR) is 184 cm³/mol. The molecule has 230 valence electrons. The molecule has 6 rings (SSSR count). The first-order valence-corrected chi connectivity index (χ1v) is 14.7. The number of hydrogen-bond donors (Lipinski definition) is 4. The Bertz CT molecular complexity index is 1690. The van der Waals surface area contributed by atoms with Gasteiger partial charge in [0.15, 0.2) is 0 Å². The molecule has 6 heteroatoms. The minimum atomic E-state index is -0.0421. The highest BCUT2D eigenvalue weighted by Crippen LogP contribution is 2.32. The summed E-state index contributed by atoms with van der Waals surface area (Å²) in [5.74, 6) is 0.621. The standard InChI is InChI=1S/C13H17N.C12H16N2O.C11H14N2.CH4/c1-9-7-10-5-6-11(13(2,3)4)8-12(10)14-9;1-12(2,3)8-4-5-9-10(6-8)14-11(7-15)13-9;1-11(2,3)8-4-5-9-10(6-8)13-7-12-9;/h5-6,8,14H,1,7H2,2-4H3;4-6,15H,7H2,1-3H3,(H,13,14);4-7H,1-3H3,(H,12,13);1H4. The molecule has 0 atom stereocenters. The largest absolute Gasteiger partial charge is 0.388 e. The topological polar surface area (TPSA) is 89.6 Å². The molecule has 1 aliphatic heterocycles. The van der Waals surface area contributed by atoms with E-state index in [1.54, 1.807) is 6.33 Å². The lowest BCUT2D eigenvalue weighted by Gasteiger charge is -2.19. The van der Waals surface area contributed by atoms with Crippen LogP contribution in [0.3, 0.4) is 0 Å². The van der Waals surface area contributed by atoms with E-state index in [9.17, 15) is 0 Å². The summed E-state index contributed by atoms with van der Waals surface area (Å²) in [4.78, 5) is 14.7. The monoisotopic (exact) mass is 581 g/mol. The van der Waals surface area contributed by atoms with Crippen LogP contribution in [0.2, 0.25) is 0 Å². The zero-order valence-electron chi connectivity index (χ0n) is 26.7. The van der Waals surface area contributed by atoms with E-state index in [0.717, 1.165) is 34.2 Å². The highest BCUT2D eigenvalue weighted by Gasteiger charge is 2.19. The molecule has 6 nitrogen and oxygen atoms in total. The van der Waals surface area contributed by atoms with E-state index < -0.39 is 0 Å². The minimum absolute atomic E-state index is 0. The van der Waals surface area contributed by atoms with E-state index >= 15 is 0 Å². The molecule has 0 radical (unpaired) electrons. The average molecular weight is 582 g/mol. The zero-order chi connectivity index (χ0) is 30.9. The fourth-order valence-electron chi connectivity index (χ4n) is 4.78. The van der Waals surface area contributed by atoms with E-state index in [-0.39, 0.29) is 30.3 Å². The summed E-state index contributed by atoms with van der Waals surface area (Å²) in [5, 5.41) is 12.3. The second-order valence-corrected chi connectivity index (χ2v) is 14.2. The SMILES string of the molecule is C.C=C1Cc2ccc(C(C)(C)C)cc2N1.CC(C)(C)c1ccc2nc(CO)[nH]c2c1.CC(C)(C)c1ccc2nc[nH]c2c1. The van der Waals surface area contributed by atoms with Gasteiger partial charge in [-0.15, -0.1) is 0 Å². The summed E-state index contributed by atoms with van der Waals surface area (Å²) in [7, 11) is 0. The first-order chi connectivity index (χ1) is 19.5. The van der Waals surface area contributed by atoms with Crippen LogP contribution in [0.5, 0.6) is 0 Å². The van der Waals surface area contributed by atoms with Crippen molar-refractivity contribution in [2.75, 3.05) is 5.32 Å². The van der Waals surface area contributed by atoms with Gasteiger partial charge in [0.05, 0.1) is 28.4 Å². The maximum Gasteiger partial charge on any atom is 0.133 e. The zero-order valence-corrected chi connectivity index (χ0v) is 26.7. The van der Waals surface area contributed by atoms with Gasteiger partial charge in [0.1, 0.15) is 12.4 Å². The van der Waals surface area contributed by atoms with Crippen LogP contribution in [-0.4, -0.2) is 25.0 Å². The molecule has 3 heterocycles. The molecular formula is C37H51N5O. The van der Waals surface area contributed by atoms with E-state index in [1.165, 1.54) is 27.9 Å². The first kappa shape index (κ1) is 33.6. The number of allylic oxidation sites excluding steroid dienone is 1. The van der Waals surface area contributed by atoms with Crippen LogP contribution in [0, 0.1) is 0 Å². The minimum Gasteiger partial charge on any atom is -0.388 e. The van der Waals surface area contributed by atoms with E-state index in [0.29, 0.717) is 5.82 Å². The van der Waals surface area contributed by atoms with Crippen molar-refractivity contribution in [2.24, 2.45) is 0 Å². The molecule has 5 aromatic rings. The number of anilines is 1. The second kappa shape index (κ2) is 12.8. The van der Waals surface area contributed by atoms with Crippen LogP contribution in [-0.2, 0) is 29.3 Å². The van der Waals surface area contributed by atoms with Gasteiger partial charge in [-0.1, -0.05) is 101 Å². The fraction of sp³-hybridized carbons (Fsp3) is 0.405. The molecule has 3 aromatic carbocycles. The van der Waals surface area contributed by atoms with Gasteiger partial charge >= 0.3 is 0 Å². The van der Waals surface area contributed by atoms with Crippen LogP contribution < -0.4 is 5.32 Å². The summed E-state index contributed by atoms with van der Waals surface area (Å²) in [6, 6.07) is 19.2. The molecule has 0 unspecified atom stereocenters. The lowest BCUT2D eigenvalue weighted by Crippen LogP contribution is -2.10. The van der Waals surface area contributed by atoms with Crippen LogP contribution in [0.1, 0.15) is 97.8 Å². The molecule has 0 bridgehead atoms. The quantitative estimate of drug-likeness (QED) is 0.159. The molecule has 0 aliphatic carbocycles. The molecule has 0 amide bonds. The number of nitrogens with zero attached hydrogens (tertiary/aromatic N) is 2. The maximum absolute atomic E-state index is 8.97. The Morgan fingerprint density at radius 1 is 0.744 bits per heavy atom. The number of aliphatic hydroxyl groups is 1. The number of aromatic nitrogens is 4. The van der Waals surface area contributed by atoms with Crippen LogP contribution >= 0.6 is 0 Å². The smallest absolute Gasteiger partial charge is 0.133 e. The summed E-state index contributed by atoms with van der Waals surface area (Å²) in [5.41, 5.74) is 12.3. The maximum atomic E-state index is 8.97. The number of aliphatic hydroxyl groups excluding tert-OH is 1. The van der Waals surface area contributed by atoms with Crippen molar-refractivity contribution in [2.45, 2.75) is 99.0 Å². The third-order valence-corrected chi connectivity index (χ3v) is 7.52. The summed E-state index contributed by atoms with van der Waals surface area (Å²) >= 11 is 0. The molecule has 2 aromatic heterocycles. The van der Waals surface area contributed by atoms with Crippen LogP contribution in [0.4, 0.5) is 5.69 Å².